The zero-order chi connectivity index (χ0) is 36.6. The van der Waals surface area contributed by atoms with E-state index in [9.17, 15) is 19.8 Å². The van der Waals surface area contributed by atoms with E-state index >= 15 is 0 Å². The van der Waals surface area contributed by atoms with Crippen molar-refractivity contribution in [1.82, 2.24) is 0 Å². The van der Waals surface area contributed by atoms with Crippen molar-refractivity contribution in [3.63, 3.8) is 0 Å². The highest BCUT2D eigenvalue weighted by molar-refractivity contribution is 5.70. The van der Waals surface area contributed by atoms with Crippen LogP contribution in [0.1, 0.15) is 181 Å². The van der Waals surface area contributed by atoms with E-state index in [0.717, 1.165) is 44.9 Å². The molecule has 0 aromatic heterocycles. The van der Waals surface area contributed by atoms with Crippen molar-refractivity contribution in [2.45, 2.75) is 193 Å². The number of aliphatic hydroxyl groups excluding tert-OH is 2. The zero-order valence-corrected chi connectivity index (χ0v) is 32.3. The third-order valence-corrected chi connectivity index (χ3v) is 8.68. The van der Waals surface area contributed by atoms with E-state index in [0.29, 0.717) is 19.3 Å². The second-order valence-corrected chi connectivity index (χ2v) is 13.5. The molecule has 6 nitrogen and oxygen atoms in total. The monoisotopic (exact) mass is 701 g/mol. The molecule has 2 atom stereocenters. The van der Waals surface area contributed by atoms with E-state index in [2.05, 4.69) is 50.3 Å². The van der Waals surface area contributed by atoms with Gasteiger partial charge in [0.15, 0.2) is 6.10 Å². The van der Waals surface area contributed by atoms with Gasteiger partial charge in [-0.3, -0.25) is 9.59 Å². The number of rotatable bonds is 36. The van der Waals surface area contributed by atoms with Crippen molar-refractivity contribution in [3.8, 4) is 0 Å². The van der Waals surface area contributed by atoms with Crippen LogP contribution >= 0.6 is 0 Å². The summed E-state index contributed by atoms with van der Waals surface area (Å²) in [5, 5.41) is 19.7. The molecule has 1 unspecified atom stereocenters. The highest BCUT2D eigenvalue weighted by Gasteiger charge is 2.16. The molecule has 288 valence electrons. The number of hydrogen-bond acceptors (Lipinski definition) is 6. The summed E-state index contributed by atoms with van der Waals surface area (Å²) in [6, 6.07) is 0. The molecule has 0 heterocycles. The first-order valence-electron chi connectivity index (χ1n) is 20.5. The minimum atomic E-state index is -0.846. The van der Waals surface area contributed by atoms with E-state index in [1.807, 2.05) is 18.2 Å². The number of carbonyl (C=O) groups is 2. The van der Waals surface area contributed by atoms with Gasteiger partial charge in [0, 0.05) is 12.8 Å². The molecule has 50 heavy (non-hydrogen) atoms. The predicted molar refractivity (Wildman–Crippen MR) is 211 cm³/mol. The van der Waals surface area contributed by atoms with Gasteiger partial charge in [-0.25, -0.2) is 0 Å². The Hall–Kier alpha value is -2.44. The Morgan fingerprint density at radius 1 is 0.560 bits per heavy atom. The summed E-state index contributed by atoms with van der Waals surface area (Å²) in [5.41, 5.74) is 0. The summed E-state index contributed by atoms with van der Waals surface area (Å²) in [5.74, 6) is -0.794. The van der Waals surface area contributed by atoms with Crippen molar-refractivity contribution in [2.24, 2.45) is 0 Å². The van der Waals surface area contributed by atoms with E-state index in [-0.39, 0.29) is 25.6 Å². The standard InChI is InChI=1S/C44H76O6/c1-3-5-7-9-11-13-15-17-18-19-20-21-23-25-27-29-31-33-37-44(48)50-42(39-45)40-49-43(47)38-34-36-41(46)35-32-30-28-26-24-22-16-14-12-10-8-6-4-2/h6,8,12,14,22,24,28,30,32,35,41-42,45-46H,3-5,7,9-11,13,15-21,23,25-27,29,31,33-34,36-40H2,1-2H3/b8-6-,14-12-,24-22-,30-28-,35-32+/t41?,42-/m0/s1. The number of aliphatic hydroxyl groups is 2. The number of esters is 2. The molecular weight excluding hydrogens is 624 g/mol. The van der Waals surface area contributed by atoms with Gasteiger partial charge in [0.05, 0.1) is 12.7 Å². The molecule has 0 fully saturated rings. The van der Waals surface area contributed by atoms with Crippen LogP contribution in [0, 0.1) is 0 Å². The molecular formula is C44H76O6. The normalized spacial score (nSPS) is 13.4. The van der Waals surface area contributed by atoms with Crippen molar-refractivity contribution in [2.75, 3.05) is 13.2 Å². The minimum absolute atomic E-state index is 0.153. The molecule has 0 aromatic rings. The second-order valence-electron chi connectivity index (χ2n) is 13.5. The van der Waals surface area contributed by atoms with Crippen LogP contribution in [0.15, 0.2) is 60.8 Å². The van der Waals surface area contributed by atoms with Crippen LogP contribution in [0.4, 0.5) is 0 Å². The molecule has 0 rings (SSSR count). The van der Waals surface area contributed by atoms with E-state index in [1.54, 1.807) is 6.08 Å². The largest absolute Gasteiger partial charge is 0.462 e. The molecule has 0 aliphatic carbocycles. The van der Waals surface area contributed by atoms with Crippen molar-refractivity contribution in [3.05, 3.63) is 60.8 Å². The van der Waals surface area contributed by atoms with Crippen LogP contribution < -0.4 is 0 Å². The van der Waals surface area contributed by atoms with Gasteiger partial charge in [0.25, 0.3) is 0 Å². The van der Waals surface area contributed by atoms with Crippen LogP contribution in [0.3, 0.4) is 0 Å². The van der Waals surface area contributed by atoms with E-state index < -0.39 is 18.2 Å². The fourth-order valence-corrected chi connectivity index (χ4v) is 5.58. The van der Waals surface area contributed by atoms with E-state index in [4.69, 9.17) is 9.47 Å². The average Bonchev–Trinajstić information content (AvgIpc) is 3.11. The van der Waals surface area contributed by atoms with Crippen LogP contribution in [0.5, 0.6) is 0 Å². The van der Waals surface area contributed by atoms with Gasteiger partial charge >= 0.3 is 11.9 Å². The first-order chi connectivity index (χ1) is 24.5. The number of allylic oxidation sites excluding steroid dienone is 9. The molecule has 6 heteroatoms. The average molecular weight is 701 g/mol. The smallest absolute Gasteiger partial charge is 0.306 e. The number of ether oxygens (including phenoxy) is 2. The summed E-state index contributed by atoms with van der Waals surface area (Å²) in [6.07, 6.45) is 47.5. The Bertz CT molecular complexity index is 902. The van der Waals surface area contributed by atoms with Gasteiger partial charge in [-0.2, -0.15) is 0 Å². The van der Waals surface area contributed by atoms with Crippen molar-refractivity contribution in [1.29, 1.82) is 0 Å². The maximum absolute atomic E-state index is 12.2. The summed E-state index contributed by atoms with van der Waals surface area (Å²) in [4.78, 5) is 24.3. The number of unbranched alkanes of at least 4 members (excludes halogenated alkanes) is 17. The number of carbonyl (C=O) groups excluding carboxylic acids is 2. The Balaban J connectivity index is 3.72. The molecule has 0 aliphatic heterocycles. The topological polar surface area (TPSA) is 93.1 Å². The van der Waals surface area contributed by atoms with Gasteiger partial charge in [-0.15, -0.1) is 0 Å². The molecule has 0 amide bonds. The van der Waals surface area contributed by atoms with Gasteiger partial charge in [-0.1, -0.05) is 184 Å². The van der Waals surface area contributed by atoms with Gasteiger partial charge < -0.3 is 19.7 Å². The molecule has 0 aromatic carbocycles. The van der Waals surface area contributed by atoms with Crippen LogP contribution in [-0.2, 0) is 19.1 Å². The Morgan fingerprint density at radius 2 is 1.02 bits per heavy atom. The maximum Gasteiger partial charge on any atom is 0.306 e. The third kappa shape index (κ3) is 36.8. The quantitative estimate of drug-likeness (QED) is 0.0292. The predicted octanol–water partition coefficient (Wildman–Crippen LogP) is 11.8. The minimum Gasteiger partial charge on any atom is -0.462 e. The highest BCUT2D eigenvalue weighted by atomic mass is 16.6. The maximum atomic E-state index is 12.2. The van der Waals surface area contributed by atoms with Crippen LogP contribution in [0.25, 0.3) is 0 Å². The molecule has 2 N–H and O–H groups in total. The fraction of sp³-hybridized carbons (Fsp3) is 0.727. The van der Waals surface area contributed by atoms with Crippen molar-refractivity contribution >= 4 is 11.9 Å². The first kappa shape index (κ1) is 47.6. The Morgan fingerprint density at radius 3 is 1.52 bits per heavy atom. The third-order valence-electron chi connectivity index (χ3n) is 8.68. The molecule has 0 radical (unpaired) electrons. The lowest BCUT2D eigenvalue weighted by molar-refractivity contribution is -0.161. The Kier molecular flexibility index (Phi) is 37.4. The van der Waals surface area contributed by atoms with Crippen molar-refractivity contribution < 1.29 is 29.3 Å². The first-order valence-corrected chi connectivity index (χ1v) is 20.5. The zero-order valence-electron chi connectivity index (χ0n) is 32.3. The molecule has 0 saturated heterocycles. The summed E-state index contributed by atoms with van der Waals surface area (Å²) >= 11 is 0. The van der Waals surface area contributed by atoms with Gasteiger partial charge in [-0.05, 0) is 44.9 Å². The fourth-order valence-electron chi connectivity index (χ4n) is 5.58. The lowest BCUT2D eigenvalue weighted by atomic mass is 10.0. The SMILES string of the molecule is CC/C=C\C/C=C\C/C=C\C/C=C\C=C\C(O)CCCC(=O)OC[C@H](CO)OC(=O)CCCCCCCCCCCCCCCCCCCC. The summed E-state index contributed by atoms with van der Waals surface area (Å²) in [7, 11) is 0. The second kappa shape index (κ2) is 39.3. The Labute approximate surface area is 307 Å². The van der Waals surface area contributed by atoms with E-state index in [1.165, 1.54) is 96.3 Å². The summed E-state index contributed by atoms with van der Waals surface area (Å²) in [6.45, 7) is 3.86. The summed E-state index contributed by atoms with van der Waals surface area (Å²) < 4.78 is 10.5. The lowest BCUT2D eigenvalue weighted by Crippen LogP contribution is -2.28. The molecule has 0 bridgehead atoms. The van der Waals surface area contributed by atoms with Crippen LogP contribution in [-0.4, -0.2) is 47.6 Å². The molecule has 0 saturated carbocycles. The lowest BCUT2D eigenvalue weighted by Gasteiger charge is -2.16. The highest BCUT2D eigenvalue weighted by Crippen LogP contribution is 2.15. The van der Waals surface area contributed by atoms with Crippen LogP contribution in [0.2, 0.25) is 0 Å². The van der Waals surface area contributed by atoms with Gasteiger partial charge in [0.1, 0.15) is 6.61 Å². The number of hydrogen-bond donors (Lipinski definition) is 2. The molecule has 0 aliphatic rings. The van der Waals surface area contributed by atoms with Gasteiger partial charge in [0.2, 0.25) is 0 Å². The molecule has 0 spiro atoms.